The third-order valence-electron chi connectivity index (χ3n) is 3.03. The molecule has 1 aromatic rings. The summed E-state index contributed by atoms with van der Waals surface area (Å²) in [4.78, 5) is 23.8. The van der Waals surface area contributed by atoms with Crippen LogP contribution in [0.4, 0.5) is 0 Å². The quantitative estimate of drug-likeness (QED) is 0.521. The zero-order valence-corrected chi connectivity index (χ0v) is 14.5. The van der Waals surface area contributed by atoms with Gasteiger partial charge in [0.05, 0.1) is 12.4 Å². The van der Waals surface area contributed by atoms with Crippen molar-refractivity contribution in [2.45, 2.75) is 52.5 Å². The summed E-state index contributed by atoms with van der Waals surface area (Å²) in [6.45, 7) is 4.12. The molecule has 1 unspecified atom stereocenters. The number of nitrogens with one attached hydrogen (secondary N) is 1. The molecule has 0 saturated heterocycles. The molecule has 1 rings (SSSR count). The lowest BCUT2D eigenvalue weighted by atomic mass is 10.2. The van der Waals surface area contributed by atoms with Crippen LogP contribution in [-0.4, -0.2) is 22.0 Å². The monoisotopic (exact) mass is 337 g/mol. The lowest BCUT2D eigenvalue weighted by Crippen LogP contribution is -2.28. The van der Waals surface area contributed by atoms with Crippen LogP contribution in [0.2, 0.25) is 0 Å². The van der Waals surface area contributed by atoms with Crippen molar-refractivity contribution < 1.29 is 9.09 Å². The molecule has 0 fully saturated rings. The first-order chi connectivity index (χ1) is 9.97. The number of nitrogens with zero attached hydrogens (tertiary/aromatic N) is 2. The molecule has 21 heavy (non-hydrogen) atoms. The molecule has 0 radical (unpaired) electrons. The van der Waals surface area contributed by atoms with E-state index in [1.165, 1.54) is 0 Å². The molecule has 1 aromatic heterocycles. The molecule has 1 N–H and O–H groups in total. The van der Waals surface area contributed by atoms with Gasteiger partial charge < -0.3 is 4.52 Å². The minimum Gasteiger partial charge on any atom is -0.317 e. The summed E-state index contributed by atoms with van der Waals surface area (Å²) >= 11 is 1.11. The average molecular weight is 337 g/mol. The third-order valence-corrected chi connectivity index (χ3v) is 8.21. The van der Waals surface area contributed by atoms with Gasteiger partial charge in [-0.1, -0.05) is 45.0 Å². The normalized spacial score (nSPS) is 14.2. The van der Waals surface area contributed by atoms with Gasteiger partial charge in [0.15, 0.2) is 0 Å². The highest BCUT2D eigenvalue weighted by atomic mass is 32.7. The molecule has 0 amide bonds. The minimum absolute atomic E-state index is 0.0417. The summed E-state index contributed by atoms with van der Waals surface area (Å²) in [6.07, 6.45) is 3.25. The van der Waals surface area contributed by atoms with Gasteiger partial charge in [0.25, 0.3) is 0 Å². The Labute approximate surface area is 128 Å². The smallest absolute Gasteiger partial charge is 0.317 e. The summed E-state index contributed by atoms with van der Waals surface area (Å²) in [5.41, 5.74) is -0.470. The Balaban J connectivity index is 2.78. The molecule has 122 valence electrons. The van der Waals surface area contributed by atoms with E-state index in [2.05, 4.69) is 12.0 Å². The second kappa shape index (κ2) is 8.66. The van der Waals surface area contributed by atoms with E-state index in [4.69, 9.17) is 4.52 Å². The van der Waals surface area contributed by atoms with Gasteiger partial charge in [-0.3, -0.25) is 9.65 Å². The Kier molecular flexibility index (Phi) is 7.56. The molecule has 9 heteroatoms. The van der Waals surface area contributed by atoms with E-state index in [9.17, 15) is 14.2 Å². The number of aromatic nitrogens is 2. The van der Waals surface area contributed by atoms with Crippen LogP contribution >= 0.6 is 17.9 Å². The van der Waals surface area contributed by atoms with Crippen molar-refractivity contribution in [2.24, 2.45) is 0 Å². The molecule has 1 atom stereocenters. The van der Waals surface area contributed by atoms with Crippen LogP contribution in [0.5, 0.6) is 0 Å². The van der Waals surface area contributed by atoms with E-state index in [0.717, 1.165) is 40.0 Å². The molecule has 1 heterocycles. The van der Waals surface area contributed by atoms with Gasteiger partial charge in [-0.25, -0.2) is 14.2 Å². The van der Waals surface area contributed by atoms with Gasteiger partial charge in [0.2, 0.25) is 6.49 Å². The molecule has 0 aliphatic rings. The fraction of sp³-hybridized carbons (Fsp3) is 0.833. The largest absolute Gasteiger partial charge is 0.443 e. The van der Waals surface area contributed by atoms with E-state index in [1.807, 2.05) is 13.8 Å². The maximum absolute atomic E-state index is 12.4. The lowest BCUT2D eigenvalue weighted by molar-refractivity contribution is 0.236. The number of rotatable bonds is 10. The lowest BCUT2D eigenvalue weighted by Gasteiger charge is -2.15. The Hall–Kier alpha value is -0.720. The minimum atomic E-state index is -2.61. The van der Waals surface area contributed by atoms with Crippen molar-refractivity contribution in [1.29, 1.82) is 0 Å². The number of aryl methyl sites for hydroxylation is 1. The average Bonchev–Trinajstić information content (AvgIpc) is 2.72. The third kappa shape index (κ3) is 5.20. The van der Waals surface area contributed by atoms with Crippen molar-refractivity contribution in [1.82, 2.24) is 14.4 Å². The summed E-state index contributed by atoms with van der Waals surface area (Å²) in [5.74, 6) is -0.650. The van der Waals surface area contributed by atoms with Crippen molar-refractivity contribution >= 4 is 17.9 Å². The van der Waals surface area contributed by atoms with E-state index in [1.54, 1.807) is 0 Å². The van der Waals surface area contributed by atoms with Crippen LogP contribution in [0.3, 0.4) is 0 Å². The Bertz CT molecular complexity index is 592. The highest BCUT2D eigenvalue weighted by molar-refractivity contribution is 8.57. The summed E-state index contributed by atoms with van der Waals surface area (Å²) in [7, 11) is 0. The number of hydrogen-bond acceptors (Lipinski definition) is 5. The van der Waals surface area contributed by atoms with Crippen molar-refractivity contribution in [2.75, 3.05) is 12.7 Å². The van der Waals surface area contributed by atoms with Crippen LogP contribution in [-0.2, 0) is 17.0 Å². The number of unbranched alkanes of at least 4 members (excludes halogenated alkanes) is 2. The van der Waals surface area contributed by atoms with Crippen LogP contribution in [0.25, 0.3) is 0 Å². The molecule has 0 saturated carbocycles. The molecule has 0 bridgehead atoms. The highest BCUT2D eigenvalue weighted by Crippen LogP contribution is 2.54. The van der Waals surface area contributed by atoms with Gasteiger partial charge in [0, 0.05) is 6.16 Å². The standard InChI is InChI=1S/C12H24N3O4PS/c1-4-7-8-9-15-11(16)14(12(17)19-15)10-21-20(18,6-3)13-5-2/h4-10H2,1-3H3,(H,13,18). The van der Waals surface area contributed by atoms with Gasteiger partial charge in [-0.2, -0.15) is 4.74 Å². The van der Waals surface area contributed by atoms with E-state index >= 15 is 0 Å². The van der Waals surface area contributed by atoms with Gasteiger partial charge in [-0.05, 0) is 13.0 Å². The van der Waals surface area contributed by atoms with Crippen LogP contribution in [0.15, 0.2) is 14.1 Å². The van der Waals surface area contributed by atoms with Crippen molar-refractivity contribution in [3.63, 3.8) is 0 Å². The zero-order valence-electron chi connectivity index (χ0n) is 12.8. The maximum Gasteiger partial charge on any atom is 0.443 e. The fourth-order valence-electron chi connectivity index (χ4n) is 1.79. The maximum atomic E-state index is 12.4. The summed E-state index contributed by atoms with van der Waals surface area (Å²) < 4.78 is 19.4. The Morgan fingerprint density at radius 3 is 2.52 bits per heavy atom. The van der Waals surface area contributed by atoms with E-state index in [0.29, 0.717) is 19.3 Å². The van der Waals surface area contributed by atoms with Gasteiger partial charge in [-0.15, -0.1) is 0 Å². The predicted molar refractivity (Wildman–Crippen MR) is 86.2 cm³/mol. The summed E-state index contributed by atoms with van der Waals surface area (Å²) in [6, 6.07) is 0. The van der Waals surface area contributed by atoms with Gasteiger partial charge in [0.1, 0.15) is 0 Å². The Morgan fingerprint density at radius 1 is 1.24 bits per heavy atom. The zero-order chi connectivity index (χ0) is 15.9. The second-order valence-corrected chi connectivity index (χ2v) is 9.99. The van der Waals surface area contributed by atoms with Crippen LogP contribution in [0, 0.1) is 0 Å². The first-order valence-electron chi connectivity index (χ1n) is 7.27. The molecular formula is C12H24N3O4PS. The van der Waals surface area contributed by atoms with Crippen LogP contribution < -0.4 is 16.5 Å². The SMILES string of the molecule is CCCCCn1oc(=O)n(CSP(=O)(CC)NCC)c1=O. The molecule has 0 aromatic carbocycles. The van der Waals surface area contributed by atoms with E-state index in [-0.39, 0.29) is 5.88 Å². The first-order valence-corrected chi connectivity index (χ1v) is 10.7. The number of hydrogen-bond donors (Lipinski definition) is 1. The Morgan fingerprint density at radius 2 is 1.95 bits per heavy atom. The first kappa shape index (κ1) is 18.3. The van der Waals surface area contributed by atoms with Crippen LogP contribution in [0.1, 0.15) is 40.0 Å². The molecule has 7 nitrogen and oxygen atoms in total. The summed E-state index contributed by atoms with van der Waals surface area (Å²) in [5, 5.41) is 2.93. The highest BCUT2D eigenvalue weighted by Gasteiger charge is 2.21. The van der Waals surface area contributed by atoms with Crippen molar-refractivity contribution in [3.05, 3.63) is 21.0 Å². The second-order valence-electron chi connectivity index (χ2n) is 4.64. The topological polar surface area (TPSA) is 86.2 Å². The molecule has 0 aliphatic carbocycles. The predicted octanol–water partition coefficient (Wildman–Crippen LogP) is 2.31. The van der Waals surface area contributed by atoms with E-state index < -0.39 is 17.9 Å². The van der Waals surface area contributed by atoms with Crippen molar-refractivity contribution in [3.8, 4) is 0 Å². The molecule has 0 spiro atoms. The molecular weight excluding hydrogens is 313 g/mol. The fourth-order valence-corrected chi connectivity index (χ4v) is 5.40. The molecule has 0 aliphatic heterocycles. The van der Waals surface area contributed by atoms with Gasteiger partial charge >= 0.3 is 11.4 Å².